The summed E-state index contributed by atoms with van der Waals surface area (Å²) in [7, 11) is 1.62. The molecule has 0 heterocycles. The summed E-state index contributed by atoms with van der Waals surface area (Å²) in [6, 6.07) is 15.5. The molecule has 0 saturated heterocycles. The minimum absolute atomic E-state index is 0.00766. The van der Waals surface area contributed by atoms with Crippen molar-refractivity contribution in [2.45, 2.75) is 45.1 Å². The molecular formula is C26H32N2O5. The lowest BCUT2D eigenvalue weighted by Gasteiger charge is -2.25. The summed E-state index contributed by atoms with van der Waals surface area (Å²) in [6.07, 6.45) is 0.185. The molecule has 2 aromatic rings. The highest BCUT2D eigenvalue weighted by Crippen LogP contribution is 2.44. The van der Waals surface area contributed by atoms with E-state index in [0.29, 0.717) is 19.4 Å². The number of likely N-dealkylation sites (N-methyl/N-ethyl adjacent to an activating group) is 1. The van der Waals surface area contributed by atoms with Gasteiger partial charge in [-0.25, -0.2) is 4.79 Å². The second kappa shape index (κ2) is 11.0. The smallest absolute Gasteiger partial charge is 0.407 e. The topological polar surface area (TPSA) is 95.9 Å². The van der Waals surface area contributed by atoms with Crippen molar-refractivity contribution < 1.29 is 24.2 Å². The molecule has 0 saturated carbocycles. The first-order chi connectivity index (χ1) is 15.8. The standard InChI is InChI=1S/C26H32N2O5/c1-17(2)15-23(25(31)28(3)14-8-13-24(29)30)27-26(32)33-16-22-20-11-6-4-9-18(20)19-10-5-7-12-21(19)22/h4-7,9-12,17,22-23H,8,13-16H2,1-3H3,(H,27,32)(H,29,30)/t23-/m1/s1. The van der Waals surface area contributed by atoms with Gasteiger partial charge in [0.2, 0.25) is 5.91 Å². The van der Waals surface area contributed by atoms with Crippen molar-refractivity contribution in [3.05, 3.63) is 59.7 Å². The van der Waals surface area contributed by atoms with Crippen LogP contribution in [0.1, 0.15) is 50.2 Å². The molecule has 1 aliphatic rings. The summed E-state index contributed by atoms with van der Waals surface area (Å²) in [5.74, 6) is -1.02. The van der Waals surface area contributed by atoms with Gasteiger partial charge in [0, 0.05) is 25.9 Å². The normalized spacial score (nSPS) is 13.2. The van der Waals surface area contributed by atoms with E-state index in [4.69, 9.17) is 9.84 Å². The minimum Gasteiger partial charge on any atom is -0.481 e. The molecule has 0 aliphatic heterocycles. The van der Waals surface area contributed by atoms with E-state index >= 15 is 0 Å². The first-order valence-electron chi connectivity index (χ1n) is 11.4. The molecule has 0 bridgehead atoms. The molecule has 2 N–H and O–H groups in total. The Bertz CT molecular complexity index is 958. The molecule has 7 nitrogen and oxygen atoms in total. The molecule has 7 heteroatoms. The van der Waals surface area contributed by atoms with Crippen LogP contribution < -0.4 is 5.32 Å². The van der Waals surface area contributed by atoms with Crippen molar-refractivity contribution in [1.82, 2.24) is 10.2 Å². The zero-order chi connectivity index (χ0) is 24.0. The Morgan fingerprint density at radius 1 is 1.03 bits per heavy atom. The Balaban J connectivity index is 1.63. The van der Waals surface area contributed by atoms with Crippen LogP contribution in [0.25, 0.3) is 11.1 Å². The molecule has 33 heavy (non-hydrogen) atoms. The van der Waals surface area contributed by atoms with Crippen molar-refractivity contribution in [2.24, 2.45) is 5.92 Å². The Kier molecular flexibility index (Phi) is 8.09. The third kappa shape index (κ3) is 6.12. The van der Waals surface area contributed by atoms with E-state index in [1.54, 1.807) is 7.05 Å². The number of ether oxygens (including phenoxy) is 1. The molecule has 2 amide bonds. The van der Waals surface area contributed by atoms with Crippen molar-refractivity contribution in [1.29, 1.82) is 0 Å². The second-order valence-electron chi connectivity index (χ2n) is 8.91. The fourth-order valence-corrected chi connectivity index (χ4v) is 4.32. The van der Waals surface area contributed by atoms with Crippen LogP contribution in [-0.2, 0) is 14.3 Å². The van der Waals surface area contributed by atoms with Crippen LogP contribution in [0, 0.1) is 5.92 Å². The lowest BCUT2D eigenvalue weighted by Crippen LogP contribution is -2.48. The first-order valence-corrected chi connectivity index (χ1v) is 11.4. The third-order valence-corrected chi connectivity index (χ3v) is 5.90. The van der Waals surface area contributed by atoms with E-state index in [-0.39, 0.29) is 30.8 Å². The predicted octanol–water partition coefficient (Wildman–Crippen LogP) is 4.26. The number of nitrogens with zero attached hydrogens (tertiary/aromatic N) is 1. The van der Waals surface area contributed by atoms with Crippen molar-refractivity contribution in [2.75, 3.05) is 20.2 Å². The Morgan fingerprint density at radius 2 is 1.61 bits per heavy atom. The molecule has 0 unspecified atom stereocenters. The maximum Gasteiger partial charge on any atom is 0.407 e. The Morgan fingerprint density at radius 3 is 2.15 bits per heavy atom. The van der Waals surface area contributed by atoms with E-state index in [0.717, 1.165) is 22.3 Å². The molecule has 0 spiro atoms. The van der Waals surface area contributed by atoms with Crippen LogP contribution in [-0.4, -0.2) is 54.2 Å². The zero-order valence-corrected chi connectivity index (χ0v) is 19.4. The summed E-state index contributed by atoms with van der Waals surface area (Å²) < 4.78 is 5.60. The zero-order valence-electron chi connectivity index (χ0n) is 19.4. The van der Waals surface area contributed by atoms with Gasteiger partial charge in [-0.2, -0.15) is 0 Å². The number of nitrogens with one attached hydrogen (secondary N) is 1. The number of carboxylic acids is 1. The maximum absolute atomic E-state index is 12.9. The number of benzene rings is 2. The molecule has 0 aromatic heterocycles. The van der Waals surface area contributed by atoms with E-state index in [1.165, 1.54) is 4.90 Å². The molecule has 0 radical (unpaired) electrons. The highest BCUT2D eigenvalue weighted by atomic mass is 16.5. The minimum atomic E-state index is -0.897. The monoisotopic (exact) mass is 452 g/mol. The SMILES string of the molecule is CC(C)C[C@@H](NC(=O)OCC1c2ccccc2-c2ccccc21)C(=O)N(C)CCCC(=O)O. The summed E-state index contributed by atoms with van der Waals surface area (Å²) in [5.41, 5.74) is 4.55. The van der Waals surface area contributed by atoms with Crippen molar-refractivity contribution >= 4 is 18.0 Å². The lowest BCUT2D eigenvalue weighted by molar-refractivity contribution is -0.138. The lowest BCUT2D eigenvalue weighted by atomic mass is 9.98. The van der Waals surface area contributed by atoms with Gasteiger partial charge in [0.05, 0.1) is 0 Å². The first kappa shape index (κ1) is 24.3. The van der Waals surface area contributed by atoms with E-state index in [1.807, 2.05) is 38.1 Å². The van der Waals surface area contributed by atoms with Crippen LogP contribution in [0.3, 0.4) is 0 Å². The fraction of sp³-hybridized carbons (Fsp3) is 0.423. The van der Waals surface area contributed by atoms with Crippen LogP contribution in [0.2, 0.25) is 0 Å². The predicted molar refractivity (Wildman–Crippen MR) is 126 cm³/mol. The van der Waals surface area contributed by atoms with Gasteiger partial charge >= 0.3 is 12.1 Å². The van der Waals surface area contributed by atoms with Crippen molar-refractivity contribution in [3.63, 3.8) is 0 Å². The largest absolute Gasteiger partial charge is 0.481 e. The summed E-state index contributed by atoms with van der Waals surface area (Å²) in [6.45, 7) is 4.44. The number of carboxylic acid groups (broad SMARTS) is 1. The van der Waals surface area contributed by atoms with Crippen LogP contribution >= 0.6 is 0 Å². The van der Waals surface area contributed by atoms with Gasteiger partial charge in [-0.1, -0.05) is 62.4 Å². The van der Waals surface area contributed by atoms with Gasteiger partial charge in [-0.15, -0.1) is 0 Å². The molecule has 3 rings (SSSR count). The Labute approximate surface area is 194 Å². The van der Waals surface area contributed by atoms with Gasteiger partial charge in [-0.3, -0.25) is 9.59 Å². The second-order valence-corrected chi connectivity index (χ2v) is 8.91. The number of carbonyl (C=O) groups excluding carboxylic acids is 2. The van der Waals surface area contributed by atoms with Crippen LogP contribution in [0.5, 0.6) is 0 Å². The van der Waals surface area contributed by atoms with Gasteiger partial charge in [0.25, 0.3) is 0 Å². The van der Waals surface area contributed by atoms with E-state index < -0.39 is 18.1 Å². The average Bonchev–Trinajstić information content (AvgIpc) is 3.10. The van der Waals surface area contributed by atoms with E-state index in [2.05, 4.69) is 29.6 Å². The van der Waals surface area contributed by atoms with Crippen molar-refractivity contribution in [3.8, 4) is 11.1 Å². The number of amides is 2. The number of hydrogen-bond donors (Lipinski definition) is 2. The number of fused-ring (bicyclic) bond motifs is 3. The molecule has 2 aromatic carbocycles. The Hall–Kier alpha value is -3.35. The molecule has 1 atom stereocenters. The van der Waals surface area contributed by atoms with Gasteiger partial charge in [0.1, 0.15) is 12.6 Å². The summed E-state index contributed by atoms with van der Waals surface area (Å²) >= 11 is 0. The van der Waals surface area contributed by atoms with E-state index in [9.17, 15) is 14.4 Å². The number of rotatable bonds is 10. The highest BCUT2D eigenvalue weighted by molar-refractivity contribution is 5.85. The van der Waals surface area contributed by atoms with Gasteiger partial charge < -0.3 is 20.1 Å². The quantitative estimate of drug-likeness (QED) is 0.561. The fourth-order valence-electron chi connectivity index (χ4n) is 4.32. The number of carbonyl (C=O) groups is 3. The van der Waals surface area contributed by atoms with Gasteiger partial charge in [0.15, 0.2) is 0 Å². The molecule has 0 fully saturated rings. The number of aliphatic carboxylic acids is 1. The molecule has 1 aliphatic carbocycles. The highest BCUT2D eigenvalue weighted by Gasteiger charge is 2.30. The number of hydrogen-bond acceptors (Lipinski definition) is 4. The summed E-state index contributed by atoms with van der Waals surface area (Å²) in [4.78, 5) is 37.8. The molecular weight excluding hydrogens is 420 g/mol. The van der Waals surface area contributed by atoms with Gasteiger partial charge in [-0.05, 0) is 41.0 Å². The number of alkyl carbamates (subject to hydrolysis) is 1. The van der Waals surface area contributed by atoms with Crippen LogP contribution in [0.15, 0.2) is 48.5 Å². The van der Waals surface area contributed by atoms with Crippen LogP contribution in [0.4, 0.5) is 4.79 Å². The molecule has 176 valence electrons. The summed E-state index contributed by atoms with van der Waals surface area (Å²) in [5, 5.41) is 11.5. The maximum atomic E-state index is 12.9. The average molecular weight is 453 g/mol. The third-order valence-electron chi connectivity index (χ3n) is 5.90.